The maximum atomic E-state index is 8.62. The summed E-state index contributed by atoms with van der Waals surface area (Å²) in [6.07, 6.45) is 5.29. The smallest absolute Gasteiger partial charge is 0.126 e. The summed E-state index contributed by atoms with van der Waals surface area (Å²) in [5.74, 6) is 0.753. The third-order valence-corrected chi connectivity index (χ3v) is 2.12. The molecule has 0 saturated heterocycles. The second-order valence-corrected chi connectivity index (χ2v) is 3.42. The van der Waals surface area contributed by atoms with Crippen molar-refractivity contribution in [3.8, 4) is 6.07 Å². The Labute approximate surface area is 93.4 Å². The summed E-state index contributed by atoms with van der Waals surface area (Å²) < 4.78 is 1.75. The molecule has 0 radical (unpaired) electrons. The Hall–Kier alpha value is -2.35. The Kier molecular flexibility index (Phi) is 2.83. The van der Waals surface area contributed by atoms with E-state index in [1.54, 1.807) is 29.2 Å². The molecule has 0 fully saturated rings. The molecule has 16 heavy (non-hydrogen) atoms. The predicted octanol–water partition coefficient (Wildman–Crippen LogP) is 1.30. The molecule has 0 aromatic carbocycles. The Morgan fingerprint density at radius 2 is 2.31 bits per heavy atom. The number of nitrogens with one attached hydrogen (secondary N) is 1. The number of hydrogen-bond donors (Lipinski definition) is 1. The molecule has 2 rings (SSSR count). The second kappa shape index (κ2) is 4.45. The van der Waals surface area contributed by atoms with E-state index in [9.17, 15) is 0 Å². The molecule has 0 atom stereocenters. The zero-order valence-electron chi connectivity index (χ0n) is 8.88. The van der Waals surface area contributed by atoms with E-state index >= 15 is 0 Å². The quantitative estimate of drug-likeness (QED) is 0.834. The van der Waals surface area contributed by atoms with Gasteiger partial charge in [0.25, 0.3) is 0 Å². The van der Waals surface area contributed by atoms with Gasteiger partial charge in [0.1, 0.15) is 11.9 Å². The van der Waals surface area contributed by atoms with E-state index in [-0.39, 0.29) is 0 Å². The lowest BCUT2D eigenvalue weighted by Gasteiger charge is -2.02. The number of pyridine rings is 1. The molecule has 2 aromatic heterocycles. The van der Waals surface area contributed by atoms with Crippen LogP contribution in [0.2, 0.25) is 0 Å². The van der Waals surface area contributed by atoms with Gasteiger partial charge in [-0.05, 0) is 12.1 Å². The maximum absolute atomic E-state index is 8.62. The highest BCUT2D eigenvalue weighted by Gasteiger charge is 1.97. The van der Waals surface area contributed by atoms with Crippen molar-refractivity contribution in [1.82, 2.24) is 14.8 Å². The Morgan fingerprint density at radius 3 is 2.88 bits per heavy atom. The minimum atomic E-state index is 0.562. The molecule has 2 aromatic rings. The van der Waals surface area contributed by atoms with Crippen LogP contribution >= 0.6 is 0 Å². The summed E-state index contributed by atoms with van der Waals surface area (Å²) >= 11 is 0. The van der Waals surface area contributed by atoms with Crippen LogP contribution in [-0.4, -0.2) is 14.8 Å². The fourth-order valence-corrected chi connectivity index (χ4v) is 1.32. The van der Waals surface area contributed by atoms with Crippen molar-refractivity contribution in [3.05, 3.63) is 41.9 Å². The number of rotatable bonds is 3. The number of anilines is 1. The SMILES string of the molecule is Cn1cc(CNc2ccc(C#N)cn2)cn1. The lowest BCUT2D eigenvalue weighted by molar-refractivity contribution is 0.767. The van der Waals surface area contributed by atoms with Gasteiger partial charge in [0.15, 0.2) is 0 Å². The summed E-state index contributed by atoms with van der Waals surface area (Å²) in [7, 11) is 1.88. The molecule has 0 saturated carbocycles. The first-order valence-electron chi connectivity index (χ1n) is 4.85. The number of aromatic nitrogens is 3. The van der Waals surface area contributed by atoms with Crippen LogP contribution in [0.1, 0.15) is 11.1 Å². The van der Waals surface area contributed by atoms with Crippen molar-refractivity contribution in [2.75, 3.05) is 5.32 Å². The standard InChI is InChI=1S/C11H11N5/c1-16-8-10(7-15-16)6-14-11-3-2-9(4-12)5-13-11/h2-3,5,7-8H,6H2,1H3,(H,13,14). The van der Waals surface area contributed by atoms with Crippen LogP contribution in [0, 0.1) is 11.3 Å². The molecule has 0 aliphatic rings. The Morgan fingerprint density at radius 1 is 1.44 bits per heavy atom. The Balaban J connectivity index is 1.97. The summed E-state index contributed by atoms with van der Waals surface area (Å²) in [6.45, 7) is 0.673. The third kappa shape index (κ3) is 2.36. The van der Waals surface area contributed by atoms with Gasteiger partial charge in [-0.15, -0.1) is 0 Å². The van der Waals surface area contributed by atoms with Crippen molar-refractivity contribution in [3.63, 3.8) is 0 Å². The maximum Gasteiger partial charge on any atom is 0.126 e. The summed E-state index contributed by atoms with van der Waals surface area (Å²) in [5.41, 5.74) is 1.65. The first-order chi connectivity index (χ1) is 7.78. The highest BCUT2D eigenvalue weighted by atomic mass is 15.2. The van der Waals surface area contributed by atoms with Crippen LogP contribution in [0.15, 0.2) is 30.7 Å². The second-order valence-electron chi connectivity index (χ2n) is 3.42. The van der Waals surface area contributed by atoms with Crippen molar-refractivity contribution >= 4 is 5.82 Å². The predicted molar refractivity (Wildman–Crippen MR) is 59.5 cm³/mol. The van der Waals surface area contributed by atoms with Crippen LogP contribution in [0.25, 0.3) is 0 Å². The van der Waals surface area contributed by atoms with Gasteiger partial charge >= 0.3 is 0 Å². The molecule has 5 heteroatoms. The van der Waals surface area contributed by atoms with Gasteiger partial charge in [-0.25, -0.2) is 4.98 Å². The number of nitriles is 1. The average Bonchev–Trinajstić information content (AvgIpc) is 2.73. The molecule has 0 bridgehead atoms. The van der Waals surface area contributed by atoms with Crippen LogP contribution in [0.5, 0.6) is 0 Å². The molecular formula is C11H11N5. The average molecular weight is 213 g/mol. The molecule has 80 valence electrons. The largest absolute Gasteiger partial charge is 0.366 e. The minimum Gasteiger partial charge on any atom is -0.366 e. The van der Waals surface area contributed by atoms with Crippen molar-refractivity contribution in [2.24, 2.45) is 7.05 Å². The van der Waals surface area contributed by atoms with E-state index in [1.807, 2.05) is 19.3 Å². The van der Waals surface area contributed by atoms with Gasteiger partial charge in [-0.3, -0.25) is 4.68 Å². The van der Waals surface area contributed by atoms with Gasteiger partial charge < -0.3 is 5.32 Å². The molecule has 0 aliphatic carbocycles. The van der Waals surface area contributed by atoms with Crippen LogP contribution in [-0.2, 0) is 13.6 Å². The molecule has 0 aliphatic heterocycles. The monoisotopic (exact) mass is 213 g/mol. The van der Waals surface area contributed by atoms with Crippen molar-refractivity contribution in [2.45, 2.75) is 6.54 Å². The fraction of sp³-hybridized carbons (Fsp3) is 0.182. The van der Waals surface area contributed by atoms with E-state index in [0.717, 1.165) is 11.4 Å². The van der Waals surface area contributed by atoms with Crippen LogP contribution in [0.4, 0.5) is 5.82 Å². The zero-order valence-corrected chi connectivity index (χ0v) is 8.88. The molecule has 2 heterocycles. The highest BCUT2D eigenvalue weighted by Crippen LogP contribution is 2.06. The van der Waals surface area contributed by atoms with Crippen molar-refractivity contribution in [1.29, 1.82) is 5.26 Å². The molecule has 1 N–H and O–H groups in total. The lowest BCUT2D eigenvalue weighted by Crippen LogP contribution is -2.00. The molecule has 0 amide bonds. The van der Waals surface area contributed by atoms with E-state index in [4.69, 9.17) is 5.26 Å². The van der Waals surface area contributed by atoms with Gasteiger partial charge in [0.05, 0.1) is 11.8 Å². The number of hydrogen-bond acceptors (Lipinski definition) is 4. The van der Waals surface area contributed by atoms with Gasteiger partial charge in [-0.1, -0.05) is 0 Å². The number of nitrogens with zero attached hydrogens (tertiary/aromatic N) is 4. The van der Waals surface area contributed by atoms with Crippen LogP contribution < -0.4 is 5.32 Å². The Bertz CT molecular complexity index is 506. The van der Waals surface area contributed by atoms with E-state index in [2.05, 4.69) is 15.4 Å². The normalized spacial score (nSPS) is 9.75. The molecule has 0 unspecified atom stereocenters. The van der Waals surface area contributed by atoms with Crippen molar-refractivity contribution < 1.29 is 0 Å². The van der Waals surface area contributed by atoms with Gasteiger partial charge in [0.2, 0.25) is 0 Å². The number of aryl methyl sites for hydroxylation is 1. The summed E-state index contributed by atoms with van der Waals surface area (Å²) in [6, 6.07) is 5.55. The lowest BCUT2D eigenvalue weighted by atomic mass is 10.3. The van der Waals surface area contributed by atoms with Gasteiger partial charge in [0, 0.05) is 31.5 Å². The molecule has 0 spiro atoms. The third-order valence-electron chi connectivity index (χ3n) is 2.12. The molecular weight excluding hydrogens is 202 g/mol. The summed E-state index contributed by atoms with van der Waals surface area (Å²) in [4.78, 5) is 4.11. The van der Waals surface area contributed by atoms with Crippen LogP contribution in [0.3, 0.4) is 0 Å². The van der Waals surface area contributed by atoms with E-state index in [0.29, 0.717) is 12.1 Å². The van der Waals surface area contributed by atoms with Gasteiger partial charge in [-0.2, -0.15) is 10.4 Å². The van der Waals surface area contributed by atoms with E-state index < -0.39 is 0 Å². The first-order valence-corrected chi connectivity index (χ1v) is 4.85. The summed E-state index contributed by atoms with van der Waals surface area (Å²) in [5, 5.41) is 15.8. The topological polar surface area (TPSA) is 66.5 Å². The zero-order chi connectivity index (χ0) is 11.4. The highest BCUT2D eigenvalue weighted by molar-refractivity contribution is 5.39. The fourth-order valence-electron chi connectivity index (χ4n) is 1.32. The van der Waals surface area contributed by atoms with E-state index in [1.165, 1.54) is 0 Å². The minimum absolute atomic E-state index is 0.562. The molecule has 5 nitrogen and oxygen atoms in total. The first kappa shape index (κ1) is 10.2.